The third-order valence-electron chi connectivity index (χ3n) is 1.94. The van der Waals surface area contributed by atoms with Crippen LogP contribution in [0.4, 0.5) is 0 Å². The Morgan fingerprint density at radius 2 is 1.93 bits per heavy atom. The summed E-state index contributed by atoms with van der Waals surface area (Å²) in [5, 5.41) is 5.57. The lowest BCUT2D eigenvalue weighted by Crippen LogP contribution is -2.11. The van der Waals surface area contributed by atoms with Crippen molar-refractivity contribution in [1.29, 1.82) is 0 Å². The summed E-state index contributed by atoms with van der Waals surface area (Å²) >= 11 is 5.78. The Bertz CT molecular complexity index is 588. The van der Waals surface area contributed by atoms with E-state index in [1.165, 1.54) is 10.3 Å². The molecule has 0 aliphatic rings. The number of hydrogen-bond acceptors (Lipinski definition) is 2. The van der Waals surface area contributed by atoms with Gasteiger partial charge in [0.1, 0.15) is 4.90 Å². The van der Waals surface area contributed by atoms with E-state index in [4.69, 9.17) is 16.9 Å². The predicted octanol–water partition coefficient (Wildman–Crippen LogP) is 1.29. The van der Waals surface area contributed by atoms with Gasteiger partial charge < -0.3 is 0 Å². The van der Waals surface area contributed by atoms with E-state index in [1.54, 1.807) is 24.3 Å². The second kappa shape index (κ2) is 2.98. The molecule has 6 heteroatoms. The molecule has 0 saturated heterocycles. The molecule has 0 atom stereocenters. The van der Waals surface area contributed by atoms with Crippen LogP contribution in [-0.4, -0.2) is 12.5 Å². The highest BCUT2D eigenvalue weighted by molar-refractivity contribution is 7.89. The fourth-order valence-electron chi connectivity index (χ4n) is 1.34. The highest BCUT2D eigenvalue weighted by Crippen LogP contribution is 2.24. The number of fused-ring (bicyclic) bond motifs is 1. The van der Waals surface area contributed by atoms with E-state index in [0.717, 1.165) is 0 Å². The predicted molar refractivity (Wildman–Crippen MR) is 54.6 cm³/mol. The second-order valence-electron chi connectivity index (χ2n) is 2.87. The molecule has 0 bridgehead atoms. The topological polar surface area (TPSA) is 65.1 Å². The molecule has 2 aromatic rings. The average molecular weight is 231 g/mol. The van der Waals surface area contributed by atoms with E-state index < -0.39 is 10.0 Å². The van der Waals surface area contributed by atoms with Crippen molar-refractivity contribution < 1.29 is 8.42 Å². The molecule has 2 rings (SSSR count). The van der Waals surface area contributed by atoms with Crippen molar-refractivity contribution in [3.05, 3.63) is 30.5 Å². The third kappa shape index (κ3) is 1.39. The van der Waals surface area contributed by atoms with Gasteiger partial charge in [0.05, 0.1) is 5.52 Å². The number of nitrogens with zero attached hydrogens (tertiary/aromatic N) is 1. The minimum atomic E-state index is -3.71. The number of halogens is 1. The van der Waals surface area contributed by atoms with E-state index in [-0.39, 0.29) is 4.90 Å². The summed E-state index contributed by atoms with van der Waals surface area (Å²) < 4.78 is 23.5. The zero-order valence-electron chi connectivity index (χ0n) is 7.01. The number of sulfonamides is 1. The Balaban J connectivity index is 2.93. The Kier molecular flexibility index (Phi) is 2.02. The summed E-state index contributed by atoms with van der Waals surface area (Å²) in [4.78, 5) is 0.0445. The van der Waals surface area contributed by atoms with Crippen LogP contribution in [0, 0.1) is 0 Å². The van der Waals surface area contributed by atoms with Crippen molar-refractivity contribution >= 4 is 32.7 Å². The first-order valence-corrected chi connectivity index (χ1v) is 5.67. The van der Waals surface area contributed by atoms with Gasteiger partial charge >= 0.3 is 0 Å². The van der Waals surface area contributed by atoms with Crippen LogP contribution in [0.1, 0.15) is 0 Å². The first-order valence-electron chi connectivity index (χ1n) is 3.79. The van der Waals surface area contributed by atoms with E-state index in [1.807, 2.05) is 0 Å². The lowest BCUT2D eigenvalue weighted by molar-refractivity contribution is 0.598. The molecule has 0 saturated carbocycles. The van der Waals surface area contributed by atoms with Gasteiger partial charge in [0.2, 0.25) is 10.0 Å². The molecule has 0 unspecified atom stereocenters. The summed E-state index contributed by atoms with van der Waals surface area (Å²) in [6.07, 6.45) is 1.29. The van der Waals surface area contributed by atoms with Gasteiger partial charge in [-0.25, -0.2) is 13.6 Å². The van der Waals surface area contributed by atoms with Crippen molar-refractivity contribution in [1.82, 2.24) is 4.09 Å². The summed E-state index contributed by atoms with van der Waals surface area (Å²) in [5.74, 6) is 0. The fourth-order valence-corrected chi connectivity index (χ4v) is 2.37. The number of para-hydroxylation sites is 1. The van der Waals surface area contributed by atoms with Gasteiger partial charge in [0.15, 0.2) is 0 Å². The van der Waals surface area contributed by atoms with Crippen molar-refractivity contribution in [3.63, 3.8) is 0 Å². The van der Waals surface area contributed by atoms with Crippen LogP contribution < -0.4 is 5.14 Å². The quantitative estimate of drug-likeness (QED) is 0.802. The molecule has 0 fully saturated rings. The maximum Gasteiger partial charge on any atom is 0.240 e. The maximum absolute atomic E-state index is 11.2. The average Bonchev–Trinajstić information content (AvgIpc) is 2.44. The van der Waals surface area contributed by atoms with Crippen LogP contribution in [0.15, 0.2) is 35.4 Å². The number of primary sulfonamides is 1. The Hall–Kier alpha value is -1.04. The summed E-state index contributed by atoms with van der Waals surface area (Å²) in [7, 11) is -3.71. The van der Waals surface area contributed by atoms with Crippen molar-refractivity contribution in [3.8, 4) is 0 Å². The van der Waals surface area contributed by atoms with E-state index >= 15 is 0 Å². The standard InChI is InChI=1S/C8H7ClN2O2S/c9-11-5-8(14(10,12)13)6-3-1-2-4-7(6)11/h1-5H,(H2,10,12,13). The van der Waals surface area contributed by atoms with Gasteiger partial charge in [-0.3, -0.25) is 4.09 Å². The fraction of sp³-hybridized carbons (Fsp3) is 0. The van der Waals surface area contributed by atoms with E-state index in [2.05, 4.69) is 0 Å². The van der Waals surface area contributed by atoms with Crippen LogP contribution in [0.5, 0.6) is 0 Å². The molecular weight excluding hydrogens is 224 g/mol. The van der Waals surface area contributed by atoms with Crippen LogP contribution in [0.3, 0.4) is 0 Å². The molecule has 0 spiro atoms. The molecule has 74 valence electrons. The van der Waals surface area contributed by atoms with Gasteiger partial charge in [0, 0.05) is 23.4 Å². The monoisotopic (exact) mass is 230 g/mol. The normalized spacial score (nSPS) is 12.1. The van der Waals surface area contributed by atoms with E-state index in [9.17, 15) is 8.42 Å². The zero-order valence-corrected chi connectivity index (χ0v) is 8.59. The lowest BCUT2D eigenvalue weighted by atomic mass is 10.2. The summed E-state index contributed by atoms with van der Waals surface area (Å²) in [6, 6.07) is 6.88. The molecule has 0 radical (unpaired) electrons. The summed E-state index contributed by atoms with van der Waals surface area (Å²) in [5.41, 5.74) is 0.623. The van der Waals surface area contributed by atoms with Gasteiger partial charge in [-0.15, -0.1) is 0 Å². The number of rotatable bonds is 1. The smallest absolute Gasteiger partial charge is 0.240 e. The van der Waals surface area contributed by atoms with Crippen molar-refractivity contribution in [2.75, 3.05) is 0 Å². The lowest BCUT2D eigenvalue weighted by Gasteiger charge is -1.93. The molecule has 1 heterocycles. The van der Waals surface area contributed by atoms with Crippen molar-refractivity contribution in [2.45, 2.75) is 4.90 Å². The number of benzene rings is 1. The number of nitrogens with two attached hydrogens (primary N) is 1. The number of hydrogen-bond donors (Lipinski definition) is 1. The molecular formula is C8H7ClN2O2S. The molecule has 0 amide bonds. The Labute approximate surface area is 86.0 Å². The van der Waals surface area contributed by atoms with Crippen LogP contribution in [-0.2, 0) is 10.0 Å². The van der Waals surface area contributed by atoms with Gasteiger partial charge in [0.25, 0.3) is 0 Å². The second-order valence-corrected chi connectivity index (χ2v) is 4.76. The molecule has 2 N–H and O–H groups in total. The Morgan fingerprint density at radius 1 is 1.29 bits per heavy atom. The maximum atomic E-state index is 11.2. The molecule has 1 aromatic heterocycles. The largest absolute Gasteiger partial charge is 0.259 e. The third-order valence-corrected chi connectivity index (χ3v) is 3.15. The molecule has 1 aromatic carbocycles. The van der Waals surface area contributed by atoms with Gasteiger partial charge in [-0.2, -0.15) is 0 Å². The van der Waals surface area contributed by atoms with Crippen LogP contribution in [0.25, 0.3) is 10.9 Å². The molecule has 4 nitrogen and oxygen atoms in total. The molecule has 0 aliphatic heterocycles. The van der Waals surface area contributed by atoms with Gasteiger partial charge in [-0.05, 0) is 6.07 Å². The number of aromatic nitrogens is 1. The zero-order chi connectivity index (χ0) is 10.3. The first-order chi connectivity index (χ1) is 6.50. The summed E-state index contributed by atoms with van der Waals surface area (Å²) in [6.45, 7) is 0. The Morgan fingerprint density at radius 3 is 2.57 bits per heavy atom. The highest BCUT2D eigenvalue weighted by atomic mass is 35.5. The molecule has 14 heavy (non-hydrogen) atoms. The minimum Gasteiger partial charge on any atom is -0.259 e. The van der Waals surface area contributed by atoms with Crippen LogP contribution in [0.2, 0.25) is 0 Å². The first kappa shape index (κ1) is 9.51. The highest BCUT2D eigenvalue weighted by Gasteiger charge is 2.15. The van der Waals surface area contributed by atoms with Crippen molar-refractivity contribution in [2.24, 2.45) is 5.14 Å². The van der Waals surface area contributed by atoms with E-state index in [0.29, 0.717) is 10.9 Å². The van der Waals surface area contributed by atoms with Gasteiger partial charge in [-0.1, -0.05) is 18.2 Å². The molecule has 0 aliphatic carbocycles. The van der Waals surface area contributed by atoms with Crippen LogP contribution >= 0.6 is 11.8 Å². The minimum absolute atomic E-state index is 0.0445. The SMILES string of the molecule is NS(=O)(=O)c1cn(Cl)c2ccccc12.